The molecule has 0 saturated carbocycles. The molecular formula is C24H25FN2O7. The van der Waals surface area contributed by atoms with Crippen LogP contribution < -0.4 is 14.2 Å². The Morgan fingerprint density at radius 1 is 1.15 bits per heavy atom. The fraction of sp³-hybridized carbons (Fsp3) is 0.375. The van der Waals surface area contributed by atoms with Gasteiger partial charge in [-0.1, -0.05) is 6.07 Å². The van der Waals surface area contributed by atoms with Gasteiger partial charge in [0, 0.05) is 12.7 Å². The highest BCUT2D eigenvalue weighted by Crippen LogP contribution is 2.36. The number of hydrogen-bond acceptors (Lipinski definition) is 8. The zero-order valence-corrected chi connectivity index (χ0v) is 18.7. The summed E-state index contributed by atoms with van der Waals surface area (Å²) >= 11 is 0. The first-order chi connectivity index (χ1) is 16.5. The second-order valence-corrected chi connectivity index (χ2v) is 7.65. The van der Waals surface area contributed by atoms with Crippen LogP contribution in [0.5, 0.6) is 23.1 Å². The van der Waals surface area contributed by atoms with E-state index in [1.54, 1.807) is 12.1 Å². The first-order valence-electron chi connectivity index (χ1n) is 10.9. The molecule has 9 nitrogen and oxygen atoms in total. The van der Waals surface area contributed by atoms with Gasteiger partial charge in [-0.3, -0.25) is 4.79 Å². The molecule has 0 amide bonds. The van der Waals surface area contributed by atoms with Crippen molar-refractivity contribution >= 4 is 16.9 Å². The molecule has 0 aliphatic carbocycles. The van der Waals surface area contributed by atoms with E-state index in [1.807, 2.05) is 0 Å². The SMILES string of the molecule is COc1cc2c(Oc3ccc(CC(=O)O)cc3F)ncnc2cc1OCCOC1CCCCO1. The summed E-state index contributed by atoms with van der Waals surface area (Å²) in [5, 5.41) is 9.37. The number of carboxylic acids is 1. The van der Waals surface area contributed by atoms with Crippen molar-refractivity contribution in [3.8, 4) is 23.1 Å². The lowest BCUT2D eigenvalue weighted by molar-refractivity contribution is -0.165. The minimum absolute atomic E-state index is 0.0875. The Morgan fingerprint density at radius 3 is 2.76 bits per heavy atom. The third-order valence-corrected chi connectivity index (χ3v) is 5.23. The van der Waals surface area contributed by atoms with Crippen molar-refractivity contribution in [2.24, 2.45) is 0 Å². The molecule has 1 atom stereocenters. The van der Waals surface area contributed by atoms with Gasteiger partial charge in [0.05, 0.1) is 31.0 Å². The molecule has 0 spiro atoms. The first kappa shape index (κ1) is 23.7. The van der Waals surface area contributed by atoms with Crippen LogP contribution in [0.3, 0.4) is 0 Å². The quantitative estimate of drug-likeness (QED) is 0.436. The van der Waals surface area contributed by atoms with Crippen molar-refractivity contribution < 1.29 is 38.0 Å². The number of fused-ring (bicyclic) bond motifs is 1. The monoisotopic (exact) mass is 472 g/mol. The Kier molecular flexibility index (Phi) is 7.71. The van der Waals surface area contributed by atoms with E-state index in [9.17, 15) is 9.18 Å². The van der Waals surface area contributed by atoms with Crippen LogP contribution in [-0.4, -0.2) is 54.3 Å². The van der Waals surface area contributed by atoms with Gasteiger partial charge in [0.2, 0.25) is 5.88 Å². The van der Waals surface area contributed by atoms with Gasteiger partial charge in [0.25, 0.3) is 0 Å². The van der Waals surface area contributed by atoms with Gasteiger partial charge in [-0.2, -0.15) is 0 Å². The second-order valence-electron chi connectivity index (χ2n) is 7.65. The zero-order valence-electron chi connectivity index (χ0n) is 18.7. The van der Waals surface area contributed by atoms with Gasteiger partial charge >= 0.3 is 5.97 Å². The number of methoxy groups -OCH3 is 1. The van der Waals surface area contributed by atoms with Crippen LogP contribution in [0, 0.1) is 5.82 Å². The molecule has 1 aliphatic heterocycles. The number of carboxylic acid groups (broad SMARTS) is 1. The number of hydrogen-bond donors (Lipinski definition) is 1. The number of aliphatic carboxylic acids is 1. The molecule has 1 fully saturated rings. The van der Waals surface area contributed by atoms with Gasteiger partial charge < -0.3 is 28.8 Å². The third-order valence-electron chi connectivity index (χ3n) is 5.23. The number of benzene rings is 2. The standard InChI is InChI=1S/C24H25FN2O7/c1-30-20-12-16-18(13-21(20)31-8-9-33-23-4-2-3-7-32-23)26-14-27-24(16)34-19-6-5-15(10-17(19)25)11-22(28)29/h5-6,10,12-14,23H,2-4,7-9,11H2,1H3,(H,28,29). The van der Waals surface area contributed by atoms with Crippen molar-refractivity contribution in [1.82, 2.24) is 9.97 Å². The smallest absolute Gasteiger partial charge is 0.307 e. The molecule has 0 radical (unpaired) electrons. The highest BCUT2D eigenvalue weighted by atomic mass is 19.1. The lowest BCUT2D eigenvalue weighted by Crippen LogP contribution is -2.24. The van der Waals surface area contributed by atoms with Crippen LogP contribution >= 0.6 is 0 Å². The number of halogens is 1. The molecule has 1 unspecified atom stereocenters. The molecule has 4 rings (SSSR count). The molecule has 3 aromatic rings. The maximum Gasteiger partial charge on any atom is 0.307 e. The number of ether oxygens (including phenoxy) is 5. The van der Waals surface area contributed by atoms with Crippen LogP contribution in [0.25, 0.3) is 10.9 Å². The number of aromatic nitrogens is 2. The summed E-state index contributed by atoms with van der Waals surface area (Å²) < 4.78 is 42.7. The average molecular weight is 472 g/mol. The Morgan fingerprint density at radius 2 is 2.03 bits per heavy atom. The number of rotatable bonds is 10. The molecule has 1 N–H and O–H groups in total. The van der Waals surface area contributed by atoms with Crippen LogP contribution in [0.1, 0.15) is 24.8 Å². The summed E-state index contributed by atoms with van der Waals surface area (Å²) in [7, 11) is 1.51. The predicted molar refractivity (Wildman–Crippen MR) is 119 cm³/mol. The maximum atomic E-state index is 14.5. The number of nitrogens with zero attached hydrogens (tertiary/aromatic N) is 2. The van der Waals surface area contributed by atoms with Crippen LogP contribution in [-0.2, 0) is 20.7 Å². The zero-order chi connectivity index (χ0) is 23.9. The van der Waals surface area contributed by atoms with Crippen LogP contribution in [0.2, 0.25) is 0 Å². The fourth-order valence-electron chi connectivity index (χ4n) is 3.58. The lowest BCUT2D eigenvalue weighted by atomic mass is 10.1. The first-order valence-corrected chi connectivity index (χ1v) is 10.9. The van der Waals surface area contributed by atoms with Gasteiger partial charge in [-0.15, -0.1) is 0 Å². The molecule has 180 valence electrons. The third kappa shape index (κ3) is 5.89. The van der Waals surface area contributed by atoms with E-state index in [4.69, 9.17) is 28.8 Å². The molecule has 1 saturated heterocycles. The second kappa shape index (κ2) is 11.1. The van der Waals surface area contributed by atoms with Gasteiger partial charge in [0.15, 0.2) is 29.4 Å². The van der Waals surface area contributed by atoms with E-state index in [1.165, 1.54) is 25.6 Å². The molecule has 10 heteroatoms. The van der Waals surface area contributed by atoms with Crippen LogP contribution in [0.15, 0.2) is 36.7 Å². The van der Waals surface area contributed by atoms with Crippen LogP contribution in [0.4, 0.5) is 4.39 Å². The predicted octanol–water partition coefficient (Wildman–Crippen LogP) is 4.12. The topological polar surface area (TPSA) is 109 Å². The normalized spacial score (nSPS) is 15.8. The average Bonchev–Trinajstić information content (AvgIpc) is 2.83. The Balaban J connectivity index is 1.48. The van der Waals surface area contributed by atoms with Gasteiger partial charge in [-0.05, 0) is 43.0 Å². The minimum atomic E-state index is -1.05. The maximum absolute atomic E-state index is 14.5. The van der Waals surface area contributed by atoms with Gasteiger partial charge in [0.1, 0.15) is 12.9 Å². The fourth-order valence-corrected chi connectivity index (χ4v) is 3.58. The van der Waals surface area contributed by atoms with E-state index in [0.29, 0.717) is 47.8 Å². The Labute approximate surface area is 195 Å². The minimum Gasteiger partial charge on any atom is -0.493 e. The van der Waals surface area contributed by atoms with E-state index in [0.717, 1.165) is 25.3 Å². The van der Waals surface area contributed by atoms with Crippen molar-refractivity contribution in [2.75, 3.05) is 26.9 Å². The summed E-state index contributed by atoms with van der Waals surface area (Å²) in [6.45, 7) is 1.37. The molecule has 1 aliphatic rings. The Bertz CT molecular complexity index is 1150. The van der Waals surface area contributed by atoms with E-state index < -0.39 is 11.8 Å². The summed E-state index contributed by atoms with van der Waals surface area (Å²) in [6.07, 6.45) is 3.84. The van der Waals surface area contributed by atoms with Crippen molar-refractivity contribution in [3.63, 3.8) is 0 Å². The van der Waals surface area contributed by atoms with E-state index >= 15 is 0 Å². The number of carbonyl (C=O) groups is 1. The molecule has 34 heavy (non-hydrogen) atoms. The Hall–Kier alpha value is -3.50. The van der Waals surface area contributed by atoms with Crippen molar-refractivity contribution in [2.45, 2.75) is 32.0 Å². The molecule has 2 aromatic carbocycles. The summed E-state index contributed by atoms with van der Waals surface area (Å²) in [6, 6.07) is 7.32. The molecule has 1 aromatic heterocycles. The summed E-state index contributed by atoms with van der Waals surface area (Å²) in [5.74, 6) is -0.809. The molecular weight excluding hydrogens is 447 g/mol. The molecule has 2 heterocycles. The van der Waals surface area contributed by atoms with Gasteiger partial charge in [-0.25, -0.2) is 14.4 Å². The van der Waals surface area contributed by atoms with Crippen molar-refractivity contribution in [3.05, 3.63) is 48.0 Å². The summed E-state index contributed by atoms with van der Waals surface area (Å²) in [5.41, 5.74) is 0.840. The highest BCUT2D eigenvalue weighted by Gasteiger charge is 2.17. The highest BCUT2D eigenvalue weighted by molar-refractivity contribution is 5.87. The van der Waals surface area contributed by atoms with E-state index in [2.05, 4.69) is 9.97 Å². The van der Waals surface area contributed by atoms with Crippen molar-refractivity contribution in [1.29, 1.82) is 0 Å². The lowest BCUT2D eigenvalue weighted by Gasteiger charge is -2.22. The summed E-state index contributed by atoms with van der Waals surface area (Å²) in [4.78, 5) is 19.2. The molecule has 0 bridgehead atoms. The largest absolute Gasteiger partial charge is 0.493 e. The van der Waals surface area contributed by atoms with E-state index in [-0.39, 0.29) is 24.3 Å².